The Morgan fingerprint density at radius 3 is 2.50 bits per heavy atom. The van der Waals surface area contributed by atoms with Crippen molar-refractivity contribution in [3.8, 4) is 17.2 Å². The second kappa shape index (κ2) is 8.82. The molecule has 0 aromatic heterocycles. The Balaban J connectivity index is 1.98. The lowest BCUT2D eigenvalue weighted by molar-refractivity contribution is -0.128. The van der Waals surface area contributed by atoms with Crippen molar-refractivity contribution >= 4 is 5.91 Å². The fourth-order valence-electron chi connectivity index (χ4n) is 2.31. The highest BCUT2D eigenvalue weighted by Crippen LogP contribution is 2.21. The van der Waals surface area contributed by atoms with Gasteiger partial charge in [-0.05, 0) is 24.6 Å². The molecule has 0 radical (unpaired) electrons. The average molecular weight is 329 g/mol. The van der Waals surface area contributed by atoms with Crippen LogP contribution in [0.2, 0.25) is 0 Å². The van der Waals surface area contributed by atoms with E-state index in [1.165, 1.54) is 0 Å². The molecule has 2 aromatic rings. The number of carbonyl (C=O) groups excluding carboxylic acids is 1. The van der Waals surface area contributed by atoms with E-state index in [4.69, 9.17) is 14.2 Å². The fraction of sp³-hybridized carbons (Fsp3) is 0.316. The Hall–Kier alpha value is -2.69. The van der Waals surface area contributed by atoms with Crippen molar-refractivity contribution in [2.75, 3.05) is 14.2 Å². The molecular formula is C19H23NO4. The lowest BCUT2D eigenvalue weighted by Gasteiger charge is -2.18. The monoisotopic (exact) mass is 329 g/mol. The van der Waals surface area contributed by atoms with Gasteiger partial charge in [0.2, 0.25) is 0 Å². The molecular weight excluding hydrogens is 306 g/mol. The molecule has 0 spiro atoms. The predicted molar refractivity (Wildman–Crippen MR) is 92.5 cm³/mol. The summed E-state index contributed by atoms with van der Waals surface area (Å²) >= 11 is 0. The summed E-state index contributed by atoms with van der Waals surface area (Å²) < 4.78 is 16.2. The van der Waals surface area contributed by atoms with Crippen LogP contribution in [0, 0.1) is 0 Å². The third kappa shape index (κ3) is 4.65. The summed E-state index contributed by atoms with van der Waals surface area (Å²) in [6, 6.07) is 14.8. The number of carbonyl (C=O) groups is 1. The van der Waals surface area contributed by atoms with Gasteiger partial charge in [-0.2, -0.15) is 0 Å². The number of hydrogen-bond acceptors (Lipinski definition) is 4. The molecule has 0 unspecified atom stereocenters. The first-order valence-electron chi connectivity index (χ1n) is 7.88. The maximum absolute atomic E-state index is 12.4. The van der Waals surface area contributed by atoms with Crippen LogP contribution in [0.4, 0.5) is 0 Å². The molecule has 2 aromatic carbocycles. The van der Waals surface area contributed by atoms with Gasteiger partial charge in [0.25, 0.3) is 5.91 Å². The van der Waals surface area contributed by atoms with E-state index in [0.29, 0.717) is 24.5 Å². The number of benzene rings is 2. The second-order valence-corrected chi connectivity index (χ2v) is 5.22. The first-order valence-corrected chi connectivity index (χ1v) is 7.88. The van der Waals surface area contributed by atoms with Gasteiger partial charge in [0.05, 0.1) is 14.2 Å². The minimum Gasteiger partial charge on any atom is -0.497 e. The number of methoxy groups -OCH3 is 2. The van der Waals surface area contributed by atoms with Gasteiger partial charge < -0.3 is 19.5 Å². The summed E-state index contributed by atoms with van der Waals surface area (Å²) in [6.07, 6.45) is 0.00132. The van der Waals surface area contributed by atoms with Crippen LogP contribution in [0.3, 0.4) is 0 Å². The highest BCUT2D eigenvalue weighted by Gasteiger charge is 2.18. The van der Waals surface area contributed by atoms with E-state index in [1.54, 1.807) is 26.4 Å². The minimum absolute atomic E-state index is 0.161. The molecule has 0 aliphatic carbocycles. The molecule has 0 fully saturated rings. The van der Waals surface area contributed by atoms with Crippen LogP contribution in [-0.4, -0.2) is 26.2 Å². The van der Waals surface area contributed by atoms with E-state index in [9.17, 15) is 4.79 Å². The van der Waals surface area contributed by atoms with E-state index < -0.39 is 6.10 Å². The molecule has 0 aliphatic rings. The van der Waals surface area contributed by atoms with Crippen LogP contribution in [0.15, 0.2) is 48.5 Å². The standard InChI is InChI=1S/C19H23NO4/c1-4-17(24-16-10-7-9-15(12-16)22-2)19(21)20-13-14-8-5-6-11-18(14)23-3/h5-12,17H,4,13H2,1-3H3,(H,20,21)/t17-/m0/s1. The zero-order valence-electron chi connectivity index (χ0n) is 14.2. The Morgan fingerprint density at radius 1 is 1.04 bits per heavy atom. The van der Waals surface area contributed by atoms with Gasteiger partial charge in [0.15, 0.2) is 6.10 Å². The molecule has 0 bridgehead atoms. The Morgan fingerprint density at radius 2 is 1.79 bits per heavy atom. The van der Waals surface area contributed by atoms with Crippen molar-refractivity contribution in [1.82, 2.24) is 5.32 Å². The van der Waals surface area contributed by atoms with Crippen LogP contribution in [0.1, 0.15) is 18.9 Å². The number of ether oxygens (including phenoxy) is 3. The van der Waals surface area contributed by atoms with Crippen molar-refractivity contribution in [3.63, 3.8) is 0 Å². The molecule has 0 aliphatic heterocycles. The van der Waals surface area contributed by atoms with E-state index in [1.807, 2.05) is 43.3 Å². The van der Waals surface area contributed by atoms with Crippen molar-refractivity contribution < 1.29 is 19.0 Å². The summed E-state index contributed by atoms with van der Waals surface area (Å²) in [7, 11) is 3.21. The largest absolute Gasteiger partial charge is 0.497 e. The molecule has 1 amide bonds. The first-order chi connectivity index (χ1) is 11.7. The van der Waals surface area contributed by atoms with Crippen LogP contribution < -0.4 is 19.5 Å². The molecule has 0 heterocycles. The van der Waals surface area contributed by atoms with Crippen LogP contribution in [-0.2, 0) is 11.3 Å². The molecule has 128 valence electrons. The summed E-state index contributed by atoms with van der Waals surface area (Å²) in [6.45, 7) is 2.30. The third-order valence-corrected chi connectivity index (χ3v) is 3.63. The normalized spacial score (nSPS) is 11.5. The van der Waals surface area contributed by atoms with Crippen molar-refractivity contribution in [2.45, 2.75) is 26.0 Å². The lowest BCUT2D eigenvalue weighted by atomic mass is 10.2. The van der Waals surface area contributed by atoms with Crippen molar-refractivity contribution in [3.05, 3.63) is 54.1 Å². The van der Waals surface area contributed by atoms with Crippen molar-refractivity contribution in [1.29, 1.82) is 0 Å². The highest BCUT2D eigenvalue weighted by molar-refractivity contribution is 5.81. The van der Waals surface area contributed by atoms with Crippen LogP contribution in [0.25, 0.3) is 0 Å². The van der Waals surface area contributed by atoms with E-state index in [0.717, 1.165) is 11.3 Å². The molecule has 24 heavy (non-hydrogen) atoms. The van der Waals surface area contributed by atoms with Gasteiger partial charge in [-0.1, -0.05) is 31.2 Å². The summed E-state index contributed by atoms with van der Waals surface area (Å²) in [5.74, 6) is 1.89. The number of amides is 1. The highest BCUT2D eigenvalue weighted by atomic mass is 16.5. The molecule has 0 saturated carbocycles. The van der Waals surface area contributed by atoms with Gasteiger partial charge in [-0.3, -0.25) is 4.79 Å². The Labute approximate surface area is 142 Å². The van der Waals surface area contributed by atoms with E-state index >= 15 is 0 Å². The van der Waals surface area contributed by atoms with Gasteiger partial charge in [0, 0.05) is 18.2 Å². The number of nitrogens with one attached hydrogen (secondary N) is 1. The summed E-state index contributed by atoms with van der Waals surface area (Å²) in [5.41, 5.74) is 0.921. The molecule has 2 rings (SSSR count). The van der Waals surface area contributed by atoms with Gasteiger partial charge in [0.1, 0.15) is 17.2 Å². The molecule has 0 saturated heterocycles. The van der Waals surface area contributed by atoms with Crippen LogP contribution in [0.5, 0.6) is 17.2 Å². The smallest absolute Gasteiger partial charge is 0.261 e. The maximum Gasteiger partial charge on any atom is 0.261 e. The molecule has 1 atom stereocenters. The minimum atomic E-state index is -0.563. The SMILES string of the molecule is CC[C@H](Oc1cccc(OC)c1)C(=O)NCc1ccccc1OC. The maximum atomic E-state index is 12.4. The molecule has 1 N–H and O–H groups in total. The zero-order valence-corrected chi connectivity index (χ0v) is 14.2. The summed E-state index contributed by atoms with van der Waals surface area (Å²) in [4.78, 5) is 12.4. The summed E-state index contributed by atoms with van der Waals surface area (Å²) in [5, 5.41) is 2.90. The van der Waals surface area contributed by atoms with Crippen LogP contribution >= 0.6 is 0 Å². The number of rotatable bonds is 8. The zero-order chi connectivity index (χ0) is 17.4. The second-order valence-electron chi connectivity index (χ2n) is 5.22. The number of para-hydroxylation sites is 1. The van der Waals surface area contributed by atoms with E-state index in [-0.39, 0.29) is 5.91 Å². The Bertz CT molecular complexity index is 672. The first kappa shape index (κ1) is 17.7. The predicted octanol–water partition coefficient (Wildman–Crippen LogP) is 3.18. The quantitative estimate of drug-likeness (QED) is 0.808. The molecule has 5 heteroatoms. The fourth-order valence-corrected chi connectivity index (χ4v) is 2.31. The van der Waals surface area contributed by atoms with Crippen molar-refractivity contribution in [2.24, 2.45) is 0 Å². The van der Waals surface area contributed by atoms with Gasteiger partial charge in [-0.15, -0.1) is 0 Å². The lowest BCUT2D eigenvalue weighted by Crippen LogP contribution is -2.37. The third-order valence-electron chi connectivity index (χ3n) is 3.63. The average Bonchev–Trinajstić information content (AvgIpc) is 2.64. The van der Waals surface area contributed by atoms with Gasteiger partial charge in [-0.25, -0.2) is 0 Å². The Kier molecular flexibility index (Phi) is 6.49. The van der Waals surface area contributed by atoms with Gasteiger partial charge >= 0.3 is 0 Å². The van der Waals surface area contributed by atoms with E-state index in [2.05, 4.69) is 5.32 Å². The number of hydrogen-bond donors (Lipinski definition) is 1. The topological polar surface area (TPSA) is 56.8 Å². The molecule has 5 nitrogen and oxygen atoms in total.